The van der Waals surface area contributed by atoms with E-state index in [1.807, 2.05) is 42.5 Å². The predicted octanol–water partition coefficient (Wildman–Crippen LogP) is 25.6. The van der Waals surface area contributed by atoms with Crippen LogP contribution >= 0.6 is 0 Å². The summed E-state index contributed by atoms with van der Waals surface area (Å²) >= 11 is 0. The van der Waals surface area contributed by atoms with Crippen molar-refractivity contribution < 1.29 is 21.6 Å². The zero-order valence-corrected chi connectivity index (χ0v) is 81.6. The Labute approximate surface area is 843 Å². The molecule has 6 aliphatic rings. The second-order valence-corrected chi connectivity index (χ2v) is 44.0. The molecule has 9 heterocycles. The maximum Gasteiger partial charge on any atom is 0.242 e. The highest BCUT2D eigenvalue weighted by Gasteiger charge is 2.45. The highest BCUT2D eigenvalue weighted by molar-refractivity contribution is 7.92. The molecular formula is C132H90B3N3O5S2. The normalized spacial score (nSPS) is 14.3. The fourth-order valence-electron chi connectivity index (χ4n) is 25.3. The van der Waals surface area contributed by atoms with Gasteiger partial charge in [-0.1, -0.05) is 441 Å². The van der Waals surface area contributed by atoms with Crippen LogP contribution in [-0.4, -0.2) is 50.7 Å². The summed E-state index contributed by atoms with van der Waals surface area (Å²) in [6.07, 6.45) is 0. The van der Waals surface area contributed by atoms with Gasteiger partial charge in [-0.25, -0.2) is 16.8 Å². The Balaban J connectivity index is 0.000000106. The maximum absolute atomic E-state index is 14.5. The molecule has 684 valence electrons. The van der Waals surface area contributed by atoms with Gasteiger partial charge in [-0.15, -0.1) is 0 Å². The number of ether oxygens (including phenoxy) is 1. The van der Waals surface area contributed by atoms with Gasteiger partial charge >= 0.3 is 0 Å². The first-order valence-electron chi connectivity index (χ1n) is 49.8. The first-order valence-corrected chi connectivity index (χ1v) is 52.8. The molecule has 0 atom stereocenters. The lowest BCUT2D eigenvalue weighted by atomic mass is 9.35. The van der Waals surface area contributed by atoms with Crippen LogP contribution in [0.1, 0.15) is 49.9 Å². The van der Waals surface area contributed by atoms with Gasteiger partial charge in [0.2, 0.25) is 39.8 Å². The lowest BCUT2D eigenvalue weighted by Crippen LogP contribution is -2.53. The third kappa shape index (κ3) is 13.0. The van der Waals surface area contributed by atoms with E-state index in [2.05, 4.69) is 466 Å². The van der Waals surface area contributed by atoms with E-state index in [1.54, 1.807) is 6.07 Å². The molecule has 0 fully saturated rings. The van der Waals surface area contributed by atoms with Crippen molar-refractivity contribution in [3.63, 3.8) is 0 Å². The van der Waals surface area contributed by atoms with E-state index in [9.17, 15) is 16.8 Å². The van der Waals surface area contributed by atoms with Crippen LogP contribution in [0.4, 0.5) is 0 Å². The zero-order chi connectivity index (χ0) is 97.0. The van der Waals surface area contributed by atoms with Crippen LogP contribution in [0, 0.1) is 0 Å². The van der Waals surface area contributed by atoms with Gasteiger partial charge in [-0.3, -0.25) is 0 Å². The molecule has 0 amide bonds. The van der Waals surface area contributed by atoms with E-state index in [4.69, 9.17) is 4.74 Å². The van der Waals surface area contributed by atoms with E-state index in [0.29, 0.717) is 19.6 Å². The number of hydrogen-bond donors (Lipinski definition) is 0. The minimum atomic E-state index is -3.77. The summed E-state index contributed by atoms with van der Waals surface area (Å²) in [5.41, 5.74) is 40.3. The number of aromatic nitrogens is 3. The Hall–Kier alpha value is -17.1. The molecule has 145 heavy (non-hydrogen) atoms. The van der Waals surface area contributed by atoms with Crippen LogP contribution in [0.2, 0.25) is 0 Å². The molecule has 21 aromatic carbocycles. The van der Waals surface area contributed by atoms with E-state index in [-0.39, 0.29) is 25.6 Å². The van der Waals surface area contributed by atoms with Gasteiger partial charge in [0.25, 0.3) is 0 Å². The van der Waals surface area contributed by atoms with Gasteiger partial charge in [0.05, 0.1) is 52.7 Å². The van der Waals surface area contributed by atoms with Gasteiger partial charge in [0.15, 0.2) is 0 Å². The molecule has 24 aromatic rings. The lowest BCUT2D eigenvalue weighted by molar-refractivity contribution is 0.418. The van der Waals surface area contributed by atoms with Crippen LogP contribution in [0.25, 0.3) is 160 Å². The van der Waals surface area contributed by atoms with Crippen molar-refractivity contribution >= 4 is 154 Å². The largest absolute Gasteiger partial charge is 0.457 e. The van der Waals surface area contributed by atoms with E-state index >= 15 is 0 Å². The first-order chi connectivity index (χ1) is 71.0. The van der Waals surface area contributed by atoms with Crippen LogP contribution < -0.4 is 53.9 Å². The average molecular weight is 1890 g/mol. The highest BCUT2D eigenvalue weighted by atomic mass is 32.2. The Kier molecular flexibility index (Phi) is 19.4. The van der Waals surface area contributed by atoms with Crippen LogP contribution in [0.3, 0.4) is 0 Å². The fraction of sp³-hybridized carbons (Fsp3) is 0.0455. The van der Waals surface area contributed by atoms with Gasteiger partial charge < -0.3 is 18.4 Å². The molecule has 6 aliphatic heterocycles. The molecule has 0 saturated carbocycles. The van der Waals surface area contributed by atoms with Gasteiger partial charge in [0.1, 0.15) is 11.5 Å². The maximum atomic E-state index is 14.5. The molecule has 30 rings (SSSR count). The standard InChI is InChI=1S/C45H32BNO2S.C45H32BNO.C42H26BNO2S/c1-45(2)37-27-29(46-39-19-9-5-15-33(39)31-13-3-4-14-32(31)34-16-6-10-20-40(34)46)23-25-43(37)50(48,49)44-26-24-30(28-38(44)45)47-41-21-11-7-17-35(41)36-18-8-12-22-42(36)47;1-45(2)37-27-29(46-39-19-9-5-15-33(39)31-13-3-4-14-32(31)34-16-6-10-20-40(34)46)23-25-43(37)48-44-26-24-30(28-38(44)45)47-41-21-11-7-17-35(41)36-18-8-12-22-42(36)47;45-47(46)41-23-21-27(43-37-17-7-3-13-31(37)29-11-1-2-12-30(29)32-14-4-8-18-38(32)43)25-35(41)36-26-28(22-24-42(36)47)44-39-19-9-5-15-33(39)34-16-6-10-20-40(34)44/h3-28H,1-2H3;3-28H,1-2H3;1-26H. The number of sulfone groups is 2. The van der Waals surface area contributed by atoms with Crippen molar-refractivity contribution in [2.75, 3.05) is 0 Å². The van der Waals surface area contributed by atoms with Crippen molar-refractivity contribution in [2.45, 2.75) is 58.1 Å². The molecule has 0 spiro atoms. The monoisotopic (exact) mass is 1890 g/mol. The van der Waals surface area contributed by atoms with E-state index in [1.165, 1.54) is 159 Å². The summed E-state index contributed by atoms with van der Waals surface area (Å²) in [5, 5.41) is 7.23. The van der Waals surface area contributed by atoms with Crippen LogP contribution in [0.5, 0.6) is 11.5 Å². The Morgan fingerprint density at radius 2 is 0.407 bits per heavy atom. The van der Waals surface area contributed by atoms with E-state index in [0.717, 1.165) is 83.8 Å². The lowest BCUT2D eigenvalue weighted by Gasteiger charge is -2.36. The summed E-state index contributed by atoms with van der Waals surface area (Å²) in [4.78, 5) is 1.51. The number of benzene rings is 21. The highest BCUT2D eigenvalue weighted by Crippen LogP contribution is 2.53. The van der Waals surface area contributed by atoms with Gasteiger partial charge in [0, 0.05) is 82.5 Å². The van der Waals surface area contributed by atoms with Crippen molar-refractivity contribution in [1.82, 2.24) is 13.7 Å². The smallest absolute Gasteiger partial charge is 0.242 e. The molecule has 0 bridgehead atoms. The van der Waals surface area contributed by atoms with Crippen LogP contribution in [0.15, 0.2) is 493 Å². The number of fused-ring (bicyclic) bond motifs is 31. The zero-order valence-electron chi connectivity index (χ0n) is 80.0. The van der Waals surface area contributed by atoms with Crippen molar-refractivity contribution in [2.24, 2.45) is 0 Å². The fourth-order valence-corrected chi connectivity index (χ4v) is 28.9. The average Bonchev–Trinajstić information content (AvgIpc) is 1.40. The molecule has 8 nitrogen and oxygen atoms in total. The summed E-state index contributed by atoms with van der Waals surface area (Å²) in [6, 6.07) is 167. The quantitative estimate of drug-likeness (QED) is 0.155. The molecule has 0 aliphatic carbocycles. The number of para-hydroxylation sites is 6. The SMILES string of the molecule is CC1(C)c2cc(B3c4ccccc4-c4ccccc4-c4ccccc43)ccc2Oc2ccc(-n3c4ccccc4c4ccccc43)cc21.CC1(C)c2cc(B3c4ccccc4-c4ccccc4-c4ccccc43)ccc2S(=O)(=O)c2ccc(-n3c4ccccc4c4ccccc43)cc21.O=S1(=O)c2ccc(B3c4ccccc4-c4ccccc4-c4ccccc43)cc2-c2cc(-n3c4ccccc4c4ccccc43)ccc21. The second-order valence-electron chi connectivity index (χ2n) is 40.2. The Morgan fingerprint density at radius 3 is 0.752 bits per heavy atom. The molecular weight excluding hydrogens is 1800 g/mol. The predicted molar refractivity (Wildman–Crippen MR) is 602 cm³/mol. The summed E-state index contributed by atoms with van der Waals surface area (Å²) in [7, 11) is -7.44. The third-order valence-corrected chi connectivity index (χ3v) is 35.7. The van der Waals surface area contributed by atoms with Gasteiger partial charge in [-0.05, 0) is 187 Å². The van der Waals surface area contributed by atoms with Crippen molar-refractivity contribution in [1.29, 1.82) is 0 Å². The van der Waals surface area contributed by atoms with E-state index < -0.39 is 25.1 Å². The second kappa shape index (κ2) is 32.7. The Bertz CT molecular complexity index is 9580. The summed E-state index contributed by atoms with van der Waals surface area (Å²) < 4.78 is 70.5. The minimum absolute atomic E-state index is 0.0765. The van der Waals surface area contributed by atoms with Gasteiger partial charge in [-0.2, -0.15) is 0 Å². The summed E-state index contributed by atoms with van der Waals surface area (Å²) in [6.45, 7) is 8.95. The first kappa shape index (κ1) is 85.9. The van der Waals surface area contributed by atoms with Crippen molar-refractivity contribution in [3.05, 3.63) is 495 Å². The summed E-state index contributed by atoms with van der Waals surface area (Å²) in [5.74, 6) is 1.85. The Morgan fingerprint density at radius 1 is 0.193 bits per heavy atom. The number of rotatable bonds is 6. The molecule has 0 radical (unpaired) electrons. The third-order valence-electron chi connectivity index (χ3n) is 31.9. The van der Waals surface area contributed by atoms with Crippen LogP contribution in [-0.2, 0) is 30.5 Å². The molecule has 0 N–H and O–H groups in total. The molecule has 0 unspecified atom stereocenters. The van der Waals surface area contributed by atoms with Crippen molar-refractivity contribution in [3.8, 4) is 106 Å². The topological polar surface area (TPSA) is 92.3 Å². The molecule has 13 heteroatoms. The minimum Gasteiger partial charge on any atom is -0.457 e. The molecule has 3 aromatic heterocycles. The number of nitrogens with zero attached hydrogens (tertiary/aromatic N) is 3. The number of hydrogen-bond acceptors (Lipinski definition) is 5. The molecule has 0 saturated heterocycles.